The van der Waals surface area contributed by atoms with Crippen molar-refractivity contribution >= 4 is 11.0 Å². The highest BCUT2D eigenvalue weighted by Crippen LogP contribution is 2.25. The fourth-order valence-electron chi connectivity index (χ4n) is 2.23. The van der Waals surface area contributed by atoms with Crippen molar-refractivity contribution in [2.45, 2.75) is 0 Å². The van der Waals surface area contributed by atoms with E-state index in [-0.39, 0.29) is 5.43 Å². The summed E-state index contributed by atoms with van der Waals surface area (Å²) in [5.41, 5.74) is 1.70. The predicted octanol–water partition coefficient (Wildman–Crippen LogP) is 3.48. The Bertz CT molecular complexity index is 849. The van der Waals surface area contributed by atoms with Crippen molar-refractivity contribution in [1.29, 1.82) is 0 Å². The fraction of sp³-hybridized carbons (Fsp3) is 0.118. The summed E-state index contributed by atoms with van der Waals surface area (Å²) in [5, 5.41) is 0.524. The van der Waals surface area contributed by atoms with Crippen LogP contribution in [0.15, 0.2) is 57.9 Å². The Morgan fingerprint density at radius 2 is 1.71 bits per heavy atom. The van der Waals surface area contributed by atoms with Gasteiger partial charge in [0.1, 0.15) is 23.3 Å². The van der Waals surface area contributed by atoms with E-state index in [0.29, 0.717) is 28.0 Å². The van der Waals surface area contributed by atoms with Crippen LogP contribution < -0.4 is 14.9 Å². The molecule has 0 N–H and O–H groups in total. The molecular formula is C17H14O4. The first-order chi connectivity index (χ1) is 10.2. The van der Waals surface area contributed by atoms with Crippen LogP contribution in [-0.2, 0) is 0 Å². The monoisotopic (exact) mass is 282 g/mol. The summed E-state index contributed by atoms with van der Waals surface area (Å²) >= 11 is 0. The van der Waals surface area contributed by atoms with Gasteiger partial charge in [0.05, 0.1) is 25.2 Å². The molecule has 0 atom stereocenters. The summed E-state index contributed by atoms with van der Waals surface area (Å²) in [6.07, 6.45) is 1.47. The molecule has 1 heterocycles. The van der Waals surface area contributed by atoms with E-state index in [1.54, 1.807) is 32.4 Å². The van der Waals surface area contributed by atoms with Gasteiger partial charge in [0, 0.05) is 6.07 Å². The molecule has 0 aliphatic rings. The lowest BCUT2D eigenvalue weighted by Crippen LogP contribution is -2.04. The zero-order valence-electron chi connectivity index (χ0n) is 11.8. The lowest BCUT2D eigenvalue weighted by molar-refractivity contribution is 0.414. The van der Waals surface area contributed by atoms with Crippen molar-refractivity contribution in [1.82, 2.24) is 0 Å². The Kier molecular flexibility index (Phi) is 3.36. The summed E-state index contributed by atoms with van der Waals surface area (Å²) in [7, 11) is 3.16. The van der Waals surface area contributed by atoms with Crippen LogP contribution in [0.5, 0.6) is 11.5 Å². The Labute approximate surface area is 121 Å². The Morgan fingerprint density at radius 3 is 2.48 bits per heavy atom. The second kappa shape index (κ2) is 5.32. The fourth-order valence-corrected chi connectivity index (χ4v) is 2.23. The Morgan fingerprint density at radius 1 is 0.952 bits per heavy atom. The maximum absolute atomic E-state index is 12.6. The summed E-state index contributed by atoms with van der Waals surface area (Å²) in [6, 6.07) is 12.5. The normalized spacial score (nSPS) is 10.6. The van der Waals surface area contributed by atoms with Crippen molar-refractivity contribution in [3.8, 4) is 22.6 Å². The lowest BCUT2D eigenvalue weighted by Gasteiger charge is -2.06. The van der Waals surface area contributed by atoms with Crippen LogP contribution in [0.3, 0.4) is 0 Å². The zero-order valence-corrected chi connectivity index (χ0v) is 11.8. The van der Waals surface area contributed by atoms with Crippen LogP contribution in [0.2, 0.25) is 0 Å². The molecule has 4 nitrogen and oxygen atoms in total. The number of benzene rings is 2. The van der Waals surface area contributed by atoms with E-state index in [1.165, 1.54) is 6.26 Å². The third kappa shape index (κ3) is 2.36. The van der Waals surface area contributed by atoms with E-state index in [0.717, 1.165) is 5.56 Å². The maximum atomic E-state index is 12.6. The summed E-state index contributed by atoms with van der Waals surface area (Å²) < 4.78 is 15.9. The second-order valence-corrected chi connectivity index (χ2v) is 4.57. The highest BCUT2D eigenvalue weighted by atomic mass is 16.5. The number of rotatable bonds is 3. The first kappa shape index (κ1) is 13.2. The van der Waals surface area contributed by atoms with Crippen LogP contribution in [0.4, 0.5) is 0 Å². The van der Waals surface area contributed by atoms with Gasteiger partial charge in [-0.25, -0.2) is 0 Å². The van der Waals surface area contributed by atoms with E-state index in [1.807, 2.05) is 24.3 Å². The largest absolute Gasteiger partial charge is 0.497 e. The number of hydrogen-bond acceptors (Lipinski definition) is 4. The number of methoxy groups -OCH3 is 2. The smallest absolute Gasteiger partial charge is 0.200 e. The van der Waals surface area contributed by atoms with E-state index >= 15 is 0 Å². The van der Waals surface area contributed by atoms with E-state index in [4.69, 9.17) is 13.9 Å². The SMILES string of the molecule is COc1cccc(-c2coc3cc(OC)ccc3c2=O)c1. The molecule has 0 amide bonds. The molecule has 0 aliphatic carbocycles. The minimum absolute atomic E-state index is 0.0767. The quantitative estimate of drug-likeness (QED) is 0.738. The van der Waals surface area contributed by atoms with Gasteiger partial charge < -0.3 is 13.9 Å². The summed E-state index contributed by atoms with van der Waals surface area (Å²) in [6.45, 7) is 0. The van der Waals surface area contributed by atoms with Crippen LogP contribution in [0.1, 0.15) is 0 Å². The van der Waals surface area contributed by atoms with Crippen molar-refractivity contribution in [3.05, 3.63) is 59.0 Å². The topological polar surface area (TPSA) is 48.7 Å². The third-order valence-corrected chi connectivity index (χ3v) is 3.36. The predicted molar refractivity (Wildman–Crippen MR) is 81.0 cm³/mol. The van der Waals surface area contributed by atoms with Crippen molar-refractivity contribution < 1.29 is 13.9 Å². The lowest BCUT2D eigenvalue weighted by atomic mass is 10.1. The Balaban J connectivity index is 2.20. The molecule has 0 spiro atoms. The third-order valence-electron chi connectivity index (χ3n) is 3.36. The number of fused-ring (bicyclic) bond motifs is 1. The molecule has 0 unspecified atom stereocenters. The molecule has 0 fully saturated rings. The van der Waals surface area contributed by atoms with Crippen molar-refractivity contribution in [2.75, 3.05) is 14.2 Å². The average molecular weight is 282 g/mol. The summed E-state index contributed by atoms with van der Waals surface area (Å²) in [4.78, 5) is 12.6. The van der Waals surface area contributed by atoms with Gasteiger partial charge in [-0.1, -0.05) is 12.1 Å². The van der Waals surface area contributed by atoms with Gasteiger partial charge in [0.25, 0.3) is 0 Å². The summed E-state index contributed by atoms with van der Waals surface area (Å²) in [5.74, 6) is 1.35. The first-order valence-electron chi connectivity index (χ1n) is 6.47. The minimum Gasteiger partial charge on any atom is -0.497 e. The molecule has 21 heavy (non-hydrogen) atoms. The van der Waals surface area contributed by atoms with Crippen molar-refractivity contribution in [3.63, 3.8) is 0 Å². The molecule has 3 aromatic rings. The Hall–Kier alpha value is -2.75. The zero-order chi connectivity index (χ0) is 14.8. The molecule has 0 aliphatic heterocycles. The molecule has 0 saturated carbocycles. The number of ether oxygens (including phenoxy) is 2. The highest BCUT2D eigenvalue weighted by Gasteiger charge is 2.10. The van der Waals surface area contributed by atoms with Crippen molar-refractivity contribution in [2.24, 2.45) is 0 Å². The van der Waals surface area contributed by atoms with Crippen LogP contribution >= 0.6 is 0 Å². The van der Waals surface area contributed by atoms with Gasteiger partial charge in [-0.3, -0.25) is 4.79 Å². The van der Waals surface area contributed by atoms with Gasteiger partial charge in [0.15, 0.2) is 5.43 Å². The molecular weight excluding hydrogens is 268 g/mol. The minimum atomic E-state index is -0.0767. The molecule has 3 rings (SSSR count). The average Bonchev–Trinajstić information content (AvgIpc) is 2.55. The molecule has 1 aromatic heterocycles. The molecule has 106 valence electrons. The van der Waals surface area contributed by atoms with E-state index in [9.17, 15) is 4.79 Å². The first-order valence-corrected chi connectivity index (χ1v) is 6.47. The van der Waals surface area contributed by atoms with Crippen LogP contribution in [0, 0.1) is 0 Å². The van der Waals surface area contributed by atoms with Crippen LogP contribution in [-0.4, -0.2) is 14.2 Å². The van der Waals surface area contributed by atoms with Gasteiger partial charge in [-0.15, -0.1) is 0 Å². The van der Waals surface area contributed by atoms with E-state index < -0.39 is 0 Å². The molecule has 0 radical (unpaired) electrons. The van der Waals surface area contributed by atoms with Gasteiger partial charge in [-0.05, 0) is 29.8 Å². The van der Waals surface area contributed by atoms with Gasteiger partial charge in [0.2, 0.25) is 0 Å². The molecule has 0 saturated heterocycles. The molecule has 4 heteroatoms. The maximum Gasteiger partial charge on any atom is 0.200 e. The molecule has 2 aromatic carbocycles. The number of hydrogen-bond donors (Lipinski definition) is 0. The van der Waals surface area contributed by atoms with Gasteiger partial charge >= 0.3 is 0 Å². The second-order valence-electron chi connectivity index (χ2n) is 4.57. The van der Waals surface area contributed by atoms with Crippen LogP contribution in [0.25, 0.3) is 22.1 Å². The molecule has 0 bridgehead atoms. The van der Waals surface area contributed by atoms with E-state index in [2.05, 4.69) is 0 Å². The standard InChI is InChI=1S/C17H14O4/c1-19-12-5-3-4-11(8-12)15-10-21-16-9-13(20-2)6-7-14(16)17(15)18/h3-10H,1-2H3. The van der Waals surface area contributed by atoms with Gasteiger partial charge in [-0.2, -0.15) is 0 Å². The highest BCUT2D eigenvalue weighted by molar-refractivity contribution is 5.82.